The molecule has 0 aromatic heterocycles. The van der Waals surface area contributed by atoms with Crippen LogP contribution in [-0.4, -0.2) is 44.4 Å². The molecule has 168 valence electrons. The van der Waals surface area contributed by atoms with Crippen LogP contribution in [0.4, 0.5) is 18.9 Å². The summed E-state index contributed by atoms with van der Waals surface area (Å²) < 4.78 is 52.0. The third-order valence-corrected chi connectivity index (χ3v) is 3.76. The minimum absolute atomic E-state index is 0.0178. The largest absolute Gasteiger partial charge is 0.490 e. The highest BCUT2D eigenvalue weighted by Crippen LogP contribution is 2.28. The van der Waals surface area contributed by atoms with Crippen LogP contribution >= 0.6 is 0 Å². The van der Waals surface area contributed by atoms with Crippen LogP contribution < -0.4 is 24.8 Å². The fourth-order valence-corrected chi connectivity index (χ4v) is 2.46. The van der Waals surface area contributed by atoms with E-state index in [1.165, 1.54) is 30.3 Å². The summed E-state index contributed by atoms with van der Waals surface area (Å²) in [6.45, 7) is 2.78. The van der Waals surface area contributed by atoms with Crippen LogP contribution in [0.3, 0.4) is 0 Å². The quantitative estimate of drug-likeness (QED) is 0.587. The molecule has 0 saturated heterocycles. The van der Waals surface area contributed by atoms with E-state index in [0.29, 0.717) is 36.0 Å². The molecule has 0 aliphatic carbocycles. The zero-order valence-corrected chi connectivity index (χ0v) is 17.0. The Balaban J connectivity index is 1.88. The number of alkyl halides is 3. The molecule has 0 spiro atoms. The maximum atomic E-state index is 12.3. The van der Waals surface area contributed by atoms with E-state index in [1.54, 1.807) is 12.1 Å². The number of nitrogens with one attached hydrogen (secondary N) is 2. The van der Waals surface area contributed by atoms with Gasteiger partial charge in [-0.05, 0) is 56.3 Å². The van der Waals surface area contributed by atoms with Crippen molar-refractivity contribution in [1.29, 1.82) is 0 Å². The van der Waals surface area contributed by atoms with Gasteiger partial charge >= 0.3 is 6.18 Å². The van der Waals surface area contributed by atoms with Crippen LogP contribution in [0.15, 0.2) is 42.5 Å². The predicted octanol–water partition coefficient (Wildman–Crippen LogP) is 3.79. The first-order chi connectivity index (χ1) is 14.7. The maximum Gasteiger partial charge on any atom is 0.422 e. The number of carbonyl (C=O) groups is 2. The van der Waals surface area contributed by atoms with Gasteiger partial charge in [-0.25, -0.2) is 0 Å². The van der Waals surface area contributed by atoms with E-state index in [4.69, 9.17) is 9.47 Å². The van der Waals surface area contributed by atoms with Gasteiger partial charge in [0.15, 0.2) is 18.1 Å². The van der Waals surface area contributed by atoms with Crippen molar-refractivity contribution < 1.29 is 37.0 Å². The molecule has 2 N–H and O–H groups in total. The molecule has 0 aliphatic heterocycles. The normalized spacial score (nSPS) is 10.9. The fraction of sp³-hybridized carbons (Fsp3) is 0.333. The molecule has 0 bridgehead atoms. The van der Waals surface area contributed by atoms with Gasteiger partial charge in [0.1, 0.15) is 5.75 Å². The Kier molecular flexibility index (Phi) is 8.53. The number of hydrogen-bond acceptors (Lipinski definition) is 5. The molecule has 2 aromatic rings. The molecule has 2 aromatic carbocycles. The average Bonchev–Trinajstić information content (AvgIpc) is 2.72. The van der Waals surface area contributed by atoms with E-state index < -0.39 is 24.6 Å². The second-order valence-electron chi connectivity index (χ2n) is 6.19. The lowest BCUT2D eigenvalue weighted by Crippen LogP contribution is -2.32. The summed E-state index contributed by atoms with van der Waals surface area (Å²) >= 11 is 0. The monoisotopic (exact) mass is 440 g/mol. The number of amides is 2. The van der Waals surface area contributed by atoms with Crippen molar-refractivity contribution in [2.45, 2.75) is 20.0 Å². The van der Waals surface area contributed by atoms with Gasteiger partial charge in [-0.3, -0.25) is 9.59 Å². The van der Waals surface area contributed by atoms with E-state index in [0.717, 1.165) is 0 Å². The van der Waals surface area contributed by atoms with E-state index in [1.807, 2.05) is 13.8 Å². The molecule has 31 heavy (non-hydrogen) atoms. The van der Waals surface area contributed by atoms with Crippen LogP contribution in [0, 0.1) is 0 Å². The summed E-state index contributed by atoms with van der Waals surface area (Å²) in [6.07, 6.45) is -4.43. The van der Waals surface area contributed by atoms with E-state index in [2.05, 4.69) is 15.4 Å². The number of ether oxygens (including phenoxy) is 3. The highest BCUT2D eigenvalue weighted by atomic mass is 19.4. The van der Waals surface area contributed by atoms with Gasteiger partial charge in [-0.2, -0.15) is 13.2 Å². The van der Waals surface area contributed by atoms with Gasteiger partial charge in [0, 0.05) is 11.3 Å². The van der Waals surface area contributed by atoms with Gasteiger partial charge < -0.3 is 24.8 Å². The maximum absolute atomic E-state index is 12.3. The first-order valence-electron chi connectivity index (χ1n) is 9.49. The van der Waals surface area contributed by atoms with Gasteiger partial charge in [0.05, 0.1) is 19.8 Å². The lowest BCUT2D eigenvalue weighted by molar-refractivity contribution is -0.153. The first-order valence-corrected chi connectivity index (χ1v) is 9.49. The van der Waals surface area contributed by atoms with Crippen LogP contribution in [0.1, 0.15) is 24.2 Å². The van der Waals surface area contributed by atoms with Crippen molar-refractivity contribution in [3.8, 4) is 17.2 Å². The van der Waals surface area contributed by atoms with Gasteiger partial charge in [-0.1, -0.05) is 0 Å². The van der Waals surface area contributed by atoms with Crippen LogP contribution in [0.25, 0.3) is 0 Å². The Morgan fingerprint density at radius 2 is 1.55 bits per heavy atom. The minimum atomic E-state index is -4.43. The molecule has 0 fully saturated rings. The fourth-order valence-electron chi connectivity index (χ4n) is 2.46. The lowest BCUT2D eigenvalue weighted by atomic mass is 10.2. The molecule has 0 atom stereocenters. The van der Waals surface area contributed by atoms with Gasteiger partial charge in [-0.15, -0.1) is 0 Å². The molecule has 0 aliphatic rings. The van der Waals surface area contributed by atoms with Gasteiger partial charge in [0.2, 0.25) is 5.91 Å². The van der Waals surface area contributed by atoms with Crippen LogP contribution in [-0.2, 0) is 4.79 Å². The SMILES string of the molecule is CCOc1ccc(C(=O)NCC(=O)Nc2ccc(OCC(F)(F)F)cc2)cc1OCC. The standard InChI is InChI=1S/C21H23F3N2O5/c1-3-29-17-10-5-14(11-18(17)30-4-2)20(28)25-12-19(27)26-15-6-8-16(9-7-15)31-13-21(22,23)24/h5-11H,3-4,12-13H2,1-2H3,(H,25,28)(H,26,27). The number of benzene rings is 2. The highest BCUT2D eigenvalue weighted by Gasteiger charge is 2.28. The molecular formula is C21H23F3N2O5. The van der Waals surface area contributed by atoms with Crippen LogP contribution in [0.5, 0.6) is 17.2 Å². The van der Waals surface area contributed by atoms with Crippen molar-refractivity contribution in [1.82, 2.24) is 5.32 Å². The van der Waals surface area contributed by atoms with Crippen molar-refractivity contribution >= 4 is 17.5 Å². The highest BCUT2D eigenvalue weighted by molar-refractivity contribution is 5.99. The Morgan fingerprint density at radius 1 is 0.903 bits per heavy atom. The van der Waals surface area contributed by atoms with Crippen molar-refractivity contribution in [2.75, 3.05) is 31.7 Å². The summed E-state index contributed by atoms with van der Waals surface area (Å²) in [7, 11) is 0. The van der Waals surface area contributed by atoms with E-state index >= 15 is 0 Å². The Bertz CT molecular complexity index is 886. The summed E-state index contributed by atoms with van der Waals surface area (Å²) in [5, 5.41) is 5.02. The number of carbonyl (C=O) groups excluding carboxylic acids is 2. The van der Waals surface area contributed by atoms with E-state index in [9.17, 15) is 22.8 Å². The molecule has 2 amide bonds. The first kappa shape index (κ1) is 23.8. The summed E-state index contributed by atoms with van der Waals surface area (Å²) in [4.78, 5) is 24.4. The lowest BCUT2D eigenvalue weighted by Gasteiger charge is -2.13. The summed E-state index contributed by atoms with van der Waals surface area (Å²) in [5.41, 5.74) is 0.643. The Labute approximate surface area is 177 Å². The molecule has 0 heterocycles. The molecule has 10 heteroatoms. The van der Waals surface area contributed by atoms with Gasteiger partial charge in [0.25, 0.3) is 5.91 Å². The second-order valence-corrected chi connectivity index (χ2v) is 6.19. The molecule has 7 nitrogen and oxygen atoms in total. The number of rotatable bonds is 10. The molecule has 0 unspecified atom stereocenters. The van der Waals surface area contributed by atoms with Crippen molar-refractivity contribution in [3.63, 3.8) is 0 Å². The third kappa shape index (κ3) is 8.07. The van der Waals surface area contributed by atoms with Crippen molar-refractivity contribution in [3.05, 3.63) is 48.0 Å². The third-order valence-electron chi connectivity index (χ3n) is 3.76. The molecule has 0 saturated carbocycles. The molecule has 2 rings (SSSR count). The summed E-state index contributed by atoms with van der Waals surface area (Å²) in [6, 6.07) is 10.1. The zero-order chi connectivity index (χ0) is 22.9. The van der Waals surface area contributed by atoms with Crippen molar-refractivity contribution in [2.24, 2.45) is 0 Å². The predicted molar refractivity (Wildman–Crippen MR) is 108 cm³/mol. The Hall–Kier alpha value is -3.43. The Morgan fingerprint density at radius 3 is 2.16 bits per heavy atom. The smallest absolute Gasteiger partial charge is 0.422 e. The zero-order valence-electron chi connectivity index (χ0n) is 17.0. The van der Waals surface area contributed by atoms with E-state index in [-0.39, 0.29) is 12.3 Å². The topological polar surface area (TPSA) is 85.9 Å². The number of anilines is 1. The minimum Gasteiger partial charge on any atom is -0.490 e. The van der Waals surface area contributed by atoms with Crippen LogP contribution in [0.2, 0.25) is 0 Å². The second kappa shape index (κ2) is 11.1. The average molecular weight is 440 g/mol. The molecule has 0 radical (unpaired) electrons. The summed E-state index contributed by atoms with van der Waals surface area (Å²) in [5.74, 6) is -0.0249. The molecular weight excluding hydrogens is 417 g/mol. The number of halogens is 3. The number of hydrogen-bond donors (Lipinski definition) is 2.